The van der Waals surface area contributed by atoms with E-state index in [9.17, 15) is 4.39 Å². The zero-order chi connectivity index (χ0) is 17.6. The van der Waals surface area contributed by atoms with Crippen LogP contribution in [0.15, 0.2) is 30.3 Å². The second-order valence-corrected chi connectivity index (χ2v) is 7.26. The summed E-state index contributed by atoms with van der Waals surface area (Å²) in [6.45, 7) is 2.00. The van der Waals surface area contributed by atoms with E-state index >= 15 is 0 Å². The number of fused-ring (bicyclic) bond motifs is 1. The van der Waals surface area contributed by atoms with Gasteiger partial charge < -0.3 is 4.74 Å². The van der Waals surface area contributed by atoms with E-state index in [1.165, 1.54) is 12.1 Å². The van der Waals surface area contributed by atoms with Gasteiger partial charge in [-0.3, -0.25) is 4.90 Å². The van der Waals surface area contributed by atoms with E-state index in [2.05, 4.69) is 4.90 Å². The lowest BCUT2D eigenvalue weighted by Crippen LogP contribution is -2.48. The standard InChI is InChI=1S/C19H15Cl2FN2O/c20-12-7-14-13(15(21)8-12)9-17(24-4-1-5-24)19(14)25-18-3-2-11(10-23)6-16(18)22/h2-3,6-8,17,19H,1,4-5,9H2. The first kappa shape index (κ1) is 16.7. The second kappa shape index (κ2) is 6.49. The summed E-state index contributed by atoms with van der Waals surface area (Å²) in [7, 11) is 0. The number of ether oxygens (including phenoxy) is 1. The molecule has 2 aromatic carbocycles. The van der Waals surface area contributed by atoms with Crippen molar-refractivity contribution in [2.45, 2.75) is 25.0 Å². The maximum Gasteiger partial charge on any atom is 0.166 e. The first-order chi connectivity index (χ1) is 12.1. The molecule has 1 fully saturated rings. The van der Waals surface area contributed by atoms with Crippen LogP contribution in [0.2, 0.25) is 10.0 Å². The van der Waals surface area contributed by atoms with Crippen LogP contribution in [0.1, 0.15) is 29.2 Å². The van der Waals surface area contributed by atoms with E-state index < -0.39 is 5.82 Å². The molecule has 6 heteroatoms. The molecule has 0 N–H and O–H groups in total. The number of halogens is 3. The minimum atomic E-state index is -0.539. The Bertz CT molecular complexity index is 876. The van der Waals surface area contributed by atoms with Gasteiger partial charge in [-0.15, -0.1) is 0 Å². The lowest BCUT2D eigenvalue weighted by atomic mass is 10.0. The van der Waals surface area contributed by atoms with Crippen molar-refractivity contribution in [2.24, 2.45) is 0 Å². The summed E-state index contributed by atoms with van der Waals surface area (Å²) in [6, 6.07) is 9.87. The van der Waals surface area contributed by atoms with E-state index in [0.29, 0.717) is 10.0 Å². The van der Waals surface area contributed by atoms with Crippen molar-refractivity contribution < 1.29 is 9.13 Å². The van der Waals surface area contributed by atoms with Crippen LogP contribution in [0.4, 0.5) is 4.39 Å². The quantitative estimate of drug-likeness (QED) is 0.774. The molecule has 0 spiro atoms. The Labute approximate surface area is 155 Å². The molecule has 0 saturated carbocycles. The Morgan fingerprint density at radius 3 is 2.64 bits per heavy atom. The van der Waals surface area contributed by atoms with Crippen LogP contribution in [-0.4, -0.2) is 24.0 Å². The molecule has 3 nitrogen and oxygen atoms in total. The SMILES string of the molecule is N#Cc1ccc(OC2c3cc(Cl)cc(Cl)c3CC2N2CCC2)c(F)c1. The third kappa shape index (κ3) is 2.97. The predicted octanol–water partition coefficient (Wildman–Crippen LogP) is 4.75. The number of hydrogen-bond acceptors (Lipinski definition) is 3. The van der Waals surface area contributed by atoms with Gasteiger partial charge in [-0.2, -0.15) is 5.26 Å². The molecule has 2 atom stereocenters. The minimum Gasteiger partial charge on any atom is -0.481 e. The van der Waals surface area contributed by atoms with E-state index in [-0.39, 0.29) is 23.5 Å². The van der Waals surface area contributed by atoms with Gasteiger partial charge in [0.1, 0.15) is 6.10 Å². The minimum absolute atomic E-state index is 0.106. The summed E-state index contributed by atoms with van der Waals surface area (Å²) >= 11 is 12.6. The van der Waals surface area contributed by atoms with E-state index in [0.717, 1.165) is 37.1 Å². The van der Waals surface area contributed by atoms with Crippen molar-refractivity contribution >= 4 is 23.2 Å². The van der Waals surface area contributed by atoms with Crippen LogP contribution in [0.5, 0.6) is 5.75 Å². The molecule has 0 radical (unpaired) electrons. The molecule has 0 amide bonds. The van der Waals surface area contributed by atoms with Crippen molar-refractivity contribution in [3.05, 3.63) is 62.9 Å². The summed E-state index contributed by atoms with van der Waals surface area (Å²) in [5.74, 6) is -0.401. The fourth-order valence-corrected chi connectivity index (χ4v) is 4.14. The lowest BCUT2D eigenvalue weighted by molar-refractivity contribution is 0.0367. The molecule has 0 bridgehead atoms. The van der Waals surface area contributed by atoms with Crippen LogP contribution in [0.25, 0.3) is 0 Å². The van der Waals surface area contributed by atoms with Crippen LogP contribution in [0, 0.1) is 17.1 Å². The molecule has 1 aliphatic carbocycles. The molecular weight excluding hydrogens is 362 g/mol. The van der Waals surface area contributed by atoms with Crippen molar-refractivity contribution in [3.63, 3.8) is 0 Å². The third-order valence-electron chi connectivity index (χ3n) is 4.94. The first-order valence-electron chi connectivity index (χ1n) is 8.15. The Balaban J connectivity index is 1.71. The molecule has 4 rings (SSSR count). The molecule has 1 saturated heterocycles. The monoisotopic (exact) mass is 376 g/mol. The summed E-state index contributed by atoms with van der Waals surface area (Å²) in [4.78, 5) is 2.33. The predicted molar refractivity (Wildman–Crippen MR) is 94.6 cm³/mol. The summed E-state index contributed by atoms with van der Waals surface area (Å²) in [6.07, 6.45) is 1.57. The van der Waals surface area contributed by atoms with E-state index in [1.807, 2.05) is 12.1 Å². The number of rotatable bonds is 3. The maximum absolute atomic E-state index is 14.3. The number of nitriles is 1. The Hall–Kier alpha value is -1.80. The van der Waals surface area contributed by atoms with Crippen LogP contribution in [-0.2, 0) is 6.42 Å². The number of likely N-dealkylation sites (tertiary alicyclic amines) is 1. The highest BCUT2D eigenvalue weighted by atomic mass is 35.5. The second-order valence-electron chi connectivity index (χ2n) is 6.41. The molecule has 2 aliphatic rings. The van der Waals surface area contributed by atoms with Gasteiger partial charge in [0.05, 0.1) is 17.7 Å². The topological polar surface area (TPSA) is 36.3 Å². The average Bonchev–Trinajstić information content (AvgIpc) is 2.86. The Morgan fingerprint density at radius 2 is 2.00 bits per heavy atom. The highest BCUT2D eigenvalue weighted by molar-refractivity contribution is 6.35. The van der Waals surface area contributed by atoms with E-state index in [4.69, 9.17) is 33.2 Å². The number of benzene rings is 2. The lowest BCUT2D eigenvalue weighted by Gasteiger charge is -2.39. The van der Waals surface area contributed by atoms with Gasteiger partial charge in [0.2, 0.25) is 0 Å². The Morgan fingerprint density at radius 1 is 1.20 bits per heavy atom. The third-order valence-corrected chi connectivity index (χ3v) is 5.49. The van der Waals surface area contributed by atoms with E-state index in [1.54, 1.807) is 12.1 Å². The van der Waals surface area contributed by atoms with Crippen molar-refractivity contribution in [1.82, 2.24) is 4.90 Å². The molecule has 1 aliphatic heterocycles. The van der Waals surface area contributed by atoms with Gasteiger partial charge in [0.15, 0.2) is 11.6 Å². The van der Waals surface area contributed by atoms with Crippen molar-refractivity contribution in [1.29, 1.82) is 5.26 Å². The highest BCUT2D eigenvalue weighted by Crippen LogP contribution is 2.43. The normalized spacial score (nSPS) is 22.2. The smallest absolute Gasteiger partial charge is 0.166 e. The van der Waals surface area contributed by atoms with Crippen molar-refractivity contribution in [3.8, 4) is 11.8 Å². The fraction of sp³-hybridized carbons (Fsp3) is 0.316. The van der Waals surface area contributed by atoms with Crippen LogP contribution in [0.3, 0.4) is 0 Å². The number of hydrogen-bond donors (Lipinski definition) is 0. The fourth-order valence-electron chi connectivity index (χ4n) is 3.55. The van der Waals surface area contributed by atoms with Crippen LogP contribution < -0.4 is 4.74 Å². The molecular formula is C19H15Cl2FN2O. The highest BCUT2D eigenvalue weighted by Gasteiger charge is 2.41. The van der Waals surface area contributed by atoms with Crippen LogP contribution >= 0.6 is 23.2 Å². The van der Waals surface area contributed by atoms with Gasteiger partial charge in [0, 0.05) is 15.6 Å². The Kier molecular flexibility index (Phi) is 4.33. The zero-order valence-corrected chi connectivity index (χ0v) is 14.8. The largest absolute Gasteiger partial charge is 0.481 e. The molecule has 2 aromatic rings. The molecule has 25 heavy (non-hydrogen) atoms. The van der Waals surface area contributed by atoms with Gasteiger partial charge in [-0.1, -0.05) is 23.2 Å². The molecule has 1 heterocycles. The van der Waals surface area contributed by atoms with Crippen molar-refractivity contribution in [2.75, 3.05) is 13.1 Å². The van der Waals surface area contributed by atoms with Gasteiger partial charge in [0.25, 0.3) is 0 Å². The van der Waals surface area contributed by atoms with Gasteiger partial charge in [-0.25, -0.2) is 4.39 Å². The molecule has 2 unspecified atom stereocenters. The maximum atomic E-state index is 14.3. The van der Waals surface area contributed by atoms with Gasteiger partial charge in [-0.05, 0) is 61.8 Å². The number of nitrogens with zero attached hydrogens (tertiary/aromatic N) is 2. The molecule has 128 valence electrons. The summed E-state index contributed by atoms with van der Waals surface area (Å²) < 4.78 is 20.4. The summed E-state index contributed by atoms with van der Waals surface area (Å²) in [5.41, 5.74) is 2.20. The first-order valence-corrected chi connectivity index (χ1v) is 8.90. The van der Waals surface area contributed by atoms with Gasteiger partial charge >= 0.3 is 0 Å². The summed E-state index contributed by atoms with van der Waals surface area (Å²) in [5, 5.41) is 10.1. The zero-order valence-electron chi connectivity index (χ0n) is 13.3. The average molecular weight is 377 g/mol. The molecule has 0 aromatic heterocycles.